The summed E-state index contributed by atoms with van der Waals surface area (Å²) in [5.41, 5.74) is 1.55. The van der Waals surface area contributed by atoms with Crippen molar-refractivity contribution in [1.29, 1.82) is 0 Å². The van der Waals surface area contributed by atoms with E-state index in [1.165, 1.54) is 0 Å². The van der Waals surface area contributed by atoms with E-state index in [9.17, 15) is 18.0 Å². The number of pyridine rings is 1. The number of carbonyl (C=O) groups excluding carboxylic acids is 1. The van der Waals surface area contributed by atoms with E-state index < -0.39 is 12.1 Å². The number of alkyl halides is 3. The van der Waals surface area contributed by atoms with Crippen LogP contribution in [-0.2, 0) is 0 Å². The summed E-state index contributed by atoms with van der Waals surface area (Å²) in [6, 6.07) is 12.6. The second-order valence-electron chi connectivity index (χ2n) is 8.75. The fraction of sp³-hybridized carbons (Fsp3) is 0.478. The maximum Gasteiger partial charge on any atom is 0.393 e. The van der Waals surface area contributed by atoms with Gasteiger partial charge in [0.1, 0.15) is 5.82 Å². The number of urea groups is 1. The number of rotatable bonds is 2. The summed E-state index contributed by atoms with van der Waals surface area (Å²) in [4.78, 5) is 23.7. The Morgan fingerprint density at radius 2 is 1.72 bits per heavy atom. The lowest BCUT2D eigenvalue weighted by Crippen LogP contribution is -2.56. The highest BCUT2D eigenvalue weighted by molar-refractivity contribution is 6.04. The van der Waals surface area contributed by atoms with Gasteiger partial charge in [-0.25, -0.2) is 9.78 Å². The van der Waals surface area contributed by atoms with Crippen molar-refractivity contribution in [3.8, 4) is 0 Å². The molecule has 0 spiro atoms. The van der Waals surface area contributed by atoms with Gasteiger partial charge in [0.05, 0.1) is 17.6 Å². The number of piperidine rings is 2. The smallest absolute Gasteiger partial charge is 0.366 e. The third-order valence-corrected chi connectivity index (χ3v) is 6.62. The van der Waals surface area contributed by atoms with Crippen molar-refractivity contribution < 1.29 is 18.0 Å². The first-order valence-corrected chi connectivity index (χ1v) is 11.1. The number of anilines is 4. The van der Waals surface area contributed by atoms with Gasteiger partial charge in [0.25, 0.3) is 0 Å². The monoisotopic (exact) mass is 445 g/mol. The van der Waals surface area contributed by atoms with E-state index in [4.69, 9.17) is 4.98 Å². The largest absolute Gasteiger partial charge is 0.393 e. The molecule has 6 nitrogen and oxygen atoms in total. The Morgan fingerprint density at radius 1 is 0.969 bits per heavy atom. The number of halogens is 3. The molecule has 0 radical (unpaired) electrons. The van der Waals surface area contributed by atoms with Crippen molar-refractivity contribution in [2.24, 2.45) is 5.92 Å². The molecule has 2 fully saturated rings. The van der Waals surface area contributed by atoms with Gasteiger partial charge >= 0.3 is 12.2 Å². The molecule has 2 saturated heterocycles. The quantitative estimate of drug-likeness (QED) is 0.716. The van der Waals surface area contributed by atoms with Gasteiger partial charge in [-0.2, -0.15) is 13.2 Å². The maximum absolute atomic E-state index is 13.3. The maximum atomic E-state index is 13.3. The van der Waals surface area contributed by atoms with Gasteiger partial charge in [0.15, 0.2) is 5.82 Å². The number of nitrogens with one attached hydrogen (secondary N) is 1. The summed E-state index contributed by atoms with van der Waals surface area (Å²) < 4.78 is 40.0. The first kappa shape index (κ1) is 20.9. The number of hydrogen-bond donors (Lipinski definition) is 1. The zero-order valence-corrected chi connectivity index (χ0v) is 17.7. The van der Waals surface area contributed by atoms with E-state index in [2.05, 4.69) is 10.2 Å². The number of hydrogen-bond acceptors (Lipinski definition) is 4. The molecule has 32 heavy (non-hydrogen) atoms. The molecule has 0 saturated carbocycles. The summed E-state index contributed by atoms with van der Waals surface area (Å²) in [5.74, 6) is -0.327. The predicted molar refractivity (Wildman–Crippen MR) is 118 cm³/mol. The molecule has 3 aliphatic heterocycles. The molecule has 3 aliphatic rings. The number of para-hydroxylation sites is 1. The van der Waals surface area contributed by atoms with Gasteiger partial charge in [-0.05, 0) is 49.9 Å². The van der Waals surface area contributed by atoms with Crippen LogP contribution in [0.5, 0.6) is 0 Å². The Bertz CT molecular complexity index is 983. The standard InChI is InChI=1S/C23H26F3N5O/c24-23(25,26)16-6-4-13-30(14-16)20-11-10-19-21(28-20)31(18-9-5-12-29(19)15-18)22(32)27-17-7-2-1-3-8-17/h1-3,7-8,10-11,16,18H,4-6,9,12-15H2,(H,27,32)/t16?,18-/m0/s1. The molecule has 170 valence electrons. The van der Waals surface area contributed by atoms with Gasteiger partial charge in [-0.3, -0.25) is 4.90 Å². The van der Waals surface area contributed by atoms with Gasteiger partial charge in [-0.15, -0.1) is 0 Å². The highest BCUT2D eigenvalue weighted by Gasteiger charge is 2.43. The molecule has 1 aromatic heterocycles. The lowest BCUT2D eigenvalue weighted by Gasteiger charge is -2.46. The lowest BCUT2D eigenvalue weighted by atomic mass is 9.97. The van der Waals surface area contributed by atoms with Gasteiger partial charge < -0.3 is 15.1 Å². The number of benzene rings is 1. The zero-order valence-electron chi connectivity index (χ0n) is 17.7. The van der Waals surface area contributed by atoms with Crippen LogP contribution in [-0.4, -0.2) is 49.4 Å². The predicted octanol–water partition coefficient (Wildman–Crippen LogP) is 4.88. The van der Waals surface area contributed by atoms with Crippen molar-refractivity contribution in [3.05, 3.63) is 42.5 Å². The molecule has 9 heteroatoms. The molecule has 1 aromatic carbocycles. The first-order valence-electron chi connectivity index (χ1n) is 11.1. The van der Waals surface area contributed by atoms with E-state index >= 15 is 0 Å². The van der Waals surface area contributed by atoms with Crippen molar-refractivity contribution >= 4 is 29.0 Å². The summed E-state index contributed by atoms with van der Waals surface area (Å²) in [5, 5.41) is 2.95. The summed E-state index contributed by atoms with van der Waals surface area (Å²) >= 11 is 0. The van der Waals surface area contributed by atoms with Crippen LogP contribution in [0.25, 0.3) is 0 Å². The van der Waals surface area contributed by atoms with Gasteiger partial charge in [0.2, 0.25) is 0 Å². The second kappa shape index (κ2) is 8.18. The van der Waals surface area contributed by atoms with Crippen molar-refractivity contribution in [2.45, 2.75) is 37.9 Å². The summed E-state index contributed by atoms with van der Waals surface area (Å²) in [6.45, 7) is 2.05. The van der Waals surface area contributed by atoms with Crippen LogP contribution in [0.4, 0.5) is 41.0 Å². The van der Waals surface area contributed by atoms with Crippen molar-refractivity contribution in [3.63, 3.8) is 0 Å². The minimum absolute atomic E-state index is 0.0213. The number of aromatic nitrogens is 1. The third kappa shape index (κ3) is 3.96. The summed E-state index contributed by atoms with van der Waals surface area (Å²) in [7, 11) is 0. The molecular weight excluding hydrogens is 419 g/mol. The number of fused-ring (bicyclic) bond motifs is 4. The van der Waals surface area contributed by atoms with Crippen LogP contribution in [0.1, 0.15) is 25.7 Å². The first-order chi connectivity index (χ1) is 15.4. The van der Waals surface area contributed by atoms with Crippen LogP contribution in [0.15, 0.2) is 42.5 Å². The van der Waals surface area contributed by atoms with E-state index in [-0.39, 0.29) is 25.0 Å². The zero-order chi connectivity index (χ0) is 22.3. The van der Waals surface area contributed by atoms with E-state index in [1.807, 2.05) is 36.4 Å². The highest BCUT2D eigenvalue weighted by Crippen LogP contribution is 2.41. The van der Waals surface area contributed by atoms with Crippen molar-refractivity contribution in [1.82, 2.24) is 4.98 Å². The molecule has 0 aliphatic carbocycles. The lowest BCUT2D eigenvalue weighted by molar-refractivity contribution is -0.176. The Morgan fingerprint density at radius 3 is 2.50 bits per heavy atom. The summed E-state index contributed by atoms with van der Waals surface area (Å²) in [6.07, 6.45) is -1.76. The SMILES string of the molecule is O=C(Nc1ccccc1)N1c2nc(N3CCCC(C(F)(F)F)C3)ccc2N2CCC[C@H]1C2. The fourth-order valence-electron chi connectivity index (χ4n) is 5.01. The van der Waals surface area contributed by atoms with Gasteiger partial charge in [0, 0.05) is 31.9 Å². The van der Waals surface area contributed by atoms with Crippen LogP contribution in [0, 0.1) is 5.92 Å². The molecule has 2 aromatic rings. The van der Waals surface area contributed by atoms with E-state index in [0.29, 0.717) is 30.3 Å². The fourth-order valence-corrected chi connectivity index (χ4v) is 5.01. The number of nitrogens with zero attached hydrogens (tertiary/aromatic N) is 4. The topological polar surface area (TPSA) is 51.7 Å². The molecule has 4 heterocycles. The van der Waals surface area contributed by atoms with E-state index in [1.54, 1.807) is 15.9 Å². The highest BCUT2D eigenvalue weighted by atomic mass is 19.4. The molecule has 2 atom stereocenters. The van der Waals surface area contributed by atoms with Crippen molar-refractivity contribution in [2.75, 3.05) is 46.2 Å². The van der Waals surface area contributed by atoms with Crippen LogP contribution < -0.4 is 20.0 Å². The normalized spacial score (nSPS) is 23.0. The van der Waals surface area contributed by atoms with Crippen LogP contribution >= 0.6 is 0 Å². The Balaban J connectivity index is 1.47. The average molecular weight is 445 g/mol. The third-order valence-electron chi connectivity index (χ3n) is 6.62. The van der Waals surface area contributed by atoms with Gasteiger partial charge in [-0.1, -0.05) is 18.2 Å². The molecule has 1 N–H and O–H groups in total. The molecule has 2 bridgehead atoms. The molecule has 5 rings (SSSR count). The molecule has 1 unspecified atom stereocenters. The average Bonchev–Trinajstić information content (AvgIpc) is 2.79. The number of carbonyl (C=O) groups is 1. The van der Waals surface area contributed by atoms with Crippen LogP contribution in [0.2, 0.25) is 0 Å². The minimum Gasteiger partial charge on any atom is -0.366 e. The minimum atomic E-state index is -4.21. The second-order valence-corrected chi connectivity index (χ2v) is 8.75. The van der Waals surface area contributed by atoms with Crippen LogP contribution in [0.3, 0.4) is 0 Å². The Labute approximate surface area is 185 Å². The Kier molecular flexibility index (Phi) is 5.35. The van der Waals surface area contributed by atoms with E-state index in [0.717, 1.165) is 31.6 Å². The molecule has 2 amide bonds. The molecular formula is C23H26F3N5O. The number of amides is 2. The Hall–Kier alpha value is -2.97.